The van der Waals surface area contributed by atoms with Crippen molar-refractivity contribution in [1.29, 1.82) is 0 Å². The molecule has 6 heteroatoms. The van der Waals surface area contributed by atoms with Gasteiger partial charge in [0.25, 0.3) is 0 Å². The largest absolute Gasteiger partial charge is 0.316 e. The van der Waals surface area contributed by atoms with E-state index in [0.29, 0.717) is 12.3 Å². The van der Waals surface area contributed by atoms with E-state index in [0.717, 1.165) is 18.8 Å². The molecule has 1 fully saturated rings. The fourth-order valence-corrected chi connectivity index (χ4v) is 5.33. The van der Waals surface area contributed by atoms with Gasteiger partial charge in [0.1, 0.15) is 5.37 Å². The minimum absolute atomic E-state index is 0.349. The molecule has 1 aliphatic rings. The molecule has 1 aliphatic heterocycles. The minimum atomic E-state index is -3.02. The van der Waals surface area contributed by atoms with Crippen molar-refractivity contribution in [3.8, 4) is 0 Å². The zero-order valence-corrected chi connectivity index (χ0v) is 13.6. The first-order chi connectivity index (χ1) is 9.50. The molecule has 0 spiro atoms. The number of hydrogen-bond donors (Lipinski definition) is 1. The summed E-state index contributed by atoms with van der Waals surface area (Å²) in [6, 6.07) is 8.38. The van der Waals surface area contributed by atoms with Gasteiger partial charge in [0.2, 0.25) is 0 Å². The monoisotopic (exact) mass is 314 g/mol. The van der Waals surface area contributed by atoms with Gasteiger partial charge in [0.15, 0.2) is 9.84 Å². The predicted octanol–water partition coefficient (Wildman–Crippen LogP) is 1.33. The molecule has 112 valence electrons. The summed E-state index contributed by atoms with van der Waals surface area (Å²) in [7, 11) is -1.09. The van der Waals surface area contributed by atoms with Crippen LogP contribution in [0.2, 0.25) is 0 Å². The van der Waals surface area contributed by atoms with Crippen molar-refractivity contribution in [2.75, 3.05) is 31.4 Å². The highest BCUT2D eigenvalue weighted by molar-refractivity contribution is 8.00. The molecule has 0 saturated carbocycles. The molecule has 0 aromatic heterocycles. The van der Waals surface area contributed by atoms with Crippen molar-refractivity contribution < 1.29 is 8.42 Å². The summed E-state index contributed by atoms with van der Waals surface area (Å²) < 4.78 is 23.7. The summed E-state index contributed by atoms with van der Waals surface area (Å²) >= 11 is 1.72. The van der Waals surface area contributed by atoms with Gasteiger partial charge in [-0.2, -0.15) is 11.8 Å². The summed E-state index contributed by atoms with van der Waals surface area (Å²) in [5.41, 5.74) is 2.41. The lowest BCUT2D eigenvalue weighted by molar-refractivity contribution is 0.262. The lowest BCUT2D eigenvalue weighted by Gasteiger charge is -2.34. The van der Waals surface area contributed by atoms with E-state index in [1.165, 1.54) is 17.4 Å². The molecule has 4 nitrogen and oxygen atoms in total. The van der Waals surface area contributed by atoms with E-state index in [-0.39, 0.29) is 5.37 Å². The summed E-state index contributed by atoms with van der Waals surface area (Å²) in [6.45, 7) is 2.39. The molecule has 1 heterocycles. The molecule has 2 rings (SSSR count). The third-order valence-corrected chi connectivity index (χ3v) is 6.16. The Labute approximate surface area is 125 Å². The van der Waals surface area contributed by atoms with E-state index in [1.54, 1.807) is 11.8 Å². The van der Waals surface area contributed by atoms with Crippen LogP contribution in [0.15, 0.2) is 24.3 Å². The van der Waals surface area contributed by atoms with Crippen LogP contribution in [0, 0.1) is 0 Å². The van der Waals surface area contributed by atoms with Crippen molar-refractivity contribution >= 4 is 21.6 Å². The van der Waals surface area contributed by atoms with Crippen LogP contribution in [0.3, 0.4) is 0 Å². The van der Waals surface area contributed by atoms with Crippen molar-refractivity contribution in [3.63, 3.8) is 0 Å². The Morgan fingerprint density at radius 3 is 2.55 bits per heavy atom. The van der Waals surface area contributed by atoms with Gasteiger partial charge in [0, 0.05) is 37.4 Å². The number of nitrogens with zero attached hydrogens (tertiary/aromatic N) is 1. The quantitative estimate of drug-likeness (QED) is 0.888. The first-order valence-electron chi connectivity index (χ1n) is 6.74. The maximum Gasteiger partial charge on any atom is 0.164 e. The van der Waals surface area contributed by atoms with Gasteiger partial charge in [-0.25, -0.2) is 8.42 Å². The molecule has 0 aliphatic carbocycles. The Bertz CT molecular complexity index is 529. The van der Waals surface area contributed by atoms with Crippen LogP contribution in [-0.2, 0) is 22.9 Å². The van der Waals surface area contributed by atoms with Gasteiger partial charge in [-0.3, -0.25) is 4.90 Å². The van der Waals surface area contributed by atoms with Gasteiger partial charge in [-0.1, -0.05) is 24.3 Å². The average Bonchev–Trinajstić information content (AvgIpc) is 2.41. The van der Waals surface area contributed by atoms with Crippen molar-refractivity contribution in [3.05, 3.63) is 35.4 Å². The Morgan fingerprint density at radius 2 is 1.95 bits per heavy atom. The fourth-order valence-electron chi connectivity index (χ4n) is 2.39. The lowest BCUT2D eigenvalue weighted by Crippen LogP contribution is -2.46. The zero-order valence-electron chi connectivity index (χ0n) is 12.0. The molecule has 0 amide bonds. The Morgan fingerprint density at radius 1 is 1.30 bits per heavy atom. The summed E-state index contributed by atoms with van der Waals surface area (Å²) in [5.74, 6) is 1.68. The number of thioether (sulfide) groups is 1. The molecule has 1 N–H and O–H groups in total. The summed E-state index contributed by atoms with van der Waals surface area (Å²) in [5, 5.41) is 2.77. The standard InChI is InChI=1S/C14H22N2O2S2/c1-15-9-12-3-5-13(6-4-12)10-16-7-8-19-11-14(16)20(2,17)18/h3-6,14-15H,7-11H2,1-2H3. The fraction of sp³-hybridized carbons (Fsp3) is 0.571. The molecule has 1 unspecified atom stereocenters. The van der Waals surface area contributed by atoms with Crippen LogP contribution in [0.1, 0.15) is 11.1 Å². The second kappa shape index (κ2) is 6.93. The van der Waals surface area contributed by atoms with Crippen molar-refractivity contribution in [2.24, 2.45) is 0 Å². The number of nitrogens with one attached hydrogen (secondary N) is 1. The molecule has 20 heavy (non-hydrogen) atoms. The number of rotatable bonds is 5. The van der Waals surface area contributed by atoms with E-state index < -0.39 is 9.84 Å². The van der Waals surface area contributed by atoms with E-state index in [9.17, 15) is 8.42 Å². The third kappa shape index (κ3) is 4.22. The van der Waals surface area contributed by atoms with Crippen LogP contribution in [0.25, 0.3) is 0 Å². The number of benzene rings is 1. The smallest absolute Gasteiger partial charge is 0.164 e. The number of hydrogen-bond acceptors (Lipinski definition) is 5. The normalized spacial score (nSPS) is 21.0. The molecular formula is C14H22N2O2S2. The Balaban J connectivity index is 2.07. The van der Waals surface area contributed by atoms with Crippen LogP contribution >= 0.6 is 11.8 Å². The molecule has 0 radical (unpaired) electrons. The van der Waals surface area contributed by atoms with Gasteiger partial charge in [-0.05, 0) is 18.2 Å². The van der Waals surface area contributed by atoms with E-state index in [4.69, 9.17) is 0 Å². The molecular weight excluding hydrogens is 292 g/mol. The third-order valence-electron chi connectivity index (χ3n) is 3.47. The zero-order chi connectivity index (χ0) is 14.6. The second-order valence-electron chi connectivity index (χ2n) is 5.18. The van der Waals surface area contributed by atoms with Crippen molar-refractivity contribution in [2.45, 2.75) is 18.5 Å². The van der Waals surface area contributed by atoms with Crippen LogP contribution in [-0.4, -0.2) is 50.0 Å². The van der Waals surface area contributed by atoms with Crippen LogP contribution in [0.5, 0.6) is 0 Å². The maximum absolute atomic E-state index is 11.9. The first-order valence-corrected chi connectivity index (χ1v) is 9.84. The van der Waals surface area contributed by atoms with Gasteiger partial charge in [0.05, 0.1) is 0 Å². The first kappa shape index (κ1) is 15.8. The second-order valence-corrected chi connectivity index (χ2v) is 8.53. The Hall–Kier alpha value is -0.560. The number of sulfone groups is 1. The topological polar surface area (TPSA) is 49.4 Å². The Kier molecular flexibility index (Phi) is 5.49. The molecule has 1 atom stereocenters. The highest BCUT2D eigenvalue weighted by atomic mass is 32.2. The van der Waals surface area contributed by atoms with E-state index >= 15 is 0 Å². The average molecular weight is 314 g/mol. The SMILES string of the molecule is CNCc1ccc(CN2CCSCC2S(C)(=O)=O)cc1. The van der Waals surface area contributed by atoms with E-state index in [2.05, 4.69) is 34.5 Å². The van der Waals surface area contributed by atoms with Crippen LogP contribution in [0.4, 0.5) is 0 Å². The molecule has 1 aromatic rings. The summed E-state index contributed by atoms with van der Waals surface area (Å²) in [6.07, 6.45) is 1.34. The highest BCUT2D eigenvalue weighted by Gasteiger charge is 2.30. The van der Waals surface area contributed by atoms with Crippen LogP contribution < -0.4 is 5.32 Å². The minimum Gasteiger partial charge on any atom is -0.316 e. The van der Waals surface area contributed by atoms with Gasteiger partial charge >= 0.3 is 0 Å². The molecule has 1 aromatic carbocycles. The van der Waals surface area contributed by atoms with Gasteiger partial charge in [-0.15, -0.1) is 0 Å². The van der Waals surface area contributed by atoms with Gasteiger partial charge < -0.3 is 5.32 Å². The summed E-state index contributed by atoms with van der Waals surface area (Å²) in [4.78, 5) is 2.08. The maximum atomic E-state index is 11.9. The molecule has 0 bridgehead atoms. The van der Waals surface area contributed by atoms with E-state index in [1.807, 2.05) is 7.05 Å². The van der Waals surface area contributed by atoms with Crippen molar-refractivity contribution in [1.82, 2.24) is 10.2 Å². The lowest BCUT2D eigenvalue weighted by atomic mass is 10.1. The predicted molar refractivity (Wildman–Crippen MR) is 85.6 cm³/mol. The molecule has 1 saturated heterocycles. The highest BCUT2D eigenvalue weighted by Crippen LogP contribution is 2.22.